The molecule has 0 spiro atoms. The monoisotopic (exact) mass is 317 g/mol. The molecule has 1 aliphatic rings. The molecule has 1 aromatic carbocycles. The molecule has 0 unspecified atom stereocenters. The highest BCUT2D eigenvalue weighted by Gasteiger charge is 2.28. The van der Waals surface area contributed by atoms with Crippen LogP contribution in [0.4, 0.5) is 5.82 Å². The number of anilines is 1. The Kier molecular flexibility index (Phi) is 4.11. The van der Waals surface area contributed by atoms with E-state index in [9.17, 15) is 9.00 Å². The SMILES string of the molecule is CC(C)CC(=O)Nc1c2c(nn1-c1ccccc1)C[S@@](=O)C2. The summed E-state index contributed by atoms with van der Waals surface area (Å²) in [7, 11) is -0.916. The summed E-state index contributed by atoms with van der Waals surface area (Å²) in [6.07, 6.45) is 0.456. The molecule has 116 valence electrons. The zero-order chi connectivity index (χ0) is 15.7. The Morgan fingerprint density at radius 1 is 1.32 bits per heavy atom. The predicted molar refractivity (Wildman–Crippen MR) is 87.2 cm³/mol. The van der Waals surface area contributed by atoms with Gasteiger partial charge >= 0.3 is 0 Å². The number of amides is 1. The van der Waals surface area contributed by atoms with Crippen molar-refractivity contribution in [1.29, 1.82) is 0 Å². The number of benzene rings is 1. The molecule has 6 heteroatoms. The van der Waals surface area contributed by atoms with Crippen molar-refractivity contribution in [3.63, 3.8) is 0 Å². The molecule has 0 fully saturated rings. The molecule has 1 aliphatic heterocycles. The van der Waals surface area contributed by atoms with E-state index in [1.165, 1.54) is 0 Å². The Hall–Kier alpha value is -1.95. The maximum absolute atomic E-state index is 12.2. The molecule has 0 radical (unpaired) electrons. The van der Waals surface area contributed by atoms with Crippen LogP contribution in [-0.2, 0) is 27.1 Å². The van der Waals surface area contributed by atoms with Gasteiger partial charge in [0.15, 0.2) is 0 Å². The number of carbonyl (C=O) groups is 1. The second-order valence-electron chi connectivity index (χ2n) is 5.90. The average Bonchev–Trinajstić information content (AvgIpc) is 2.97. The molecule has 1 amide bonds. The zero-order valence-electron chi connectivity index (χ0n) is 12.7. The van der Waals surface area contributed by atoms with Crippen LogP contribution in [0.25, 0.3) is 5.69 Å². The van der Waals surface area contributed by atoms with Crippen LogP contribution in [-0.4, -0.2) is 19.9 Å². The van der Waals surface area contributed by atoms with E-state index in [4.69, 9.17) is 0 Å². The summed E-state index contributed by atoms with van der Waals surface area (Å²) in [5, 5.41) is 7.52. The highest BCUT2D eigenvalue weighted by molar-refractivity contribution is 7.83. The van der Waals surface area contributed by atoms with Crippen molar-refractivity contribution in [3.8, 4) is 5.69 Å². The van der Waals surface area contributed by atoms with E-state index in [0.717, 1.165) is 16.9 Å². The van der Waals surface area contributed by atoms with Crippen molar-refractivity contribution < 1.29 is 9.00 Å². The van der Waals surface area contributed by atoms with Gasteiger partial charge in [-0.15, -0.1) is 0 Å². The number of hydrogen-bond acceptors (Lipinski definition) is 3. The number of rotatable bonds is 4. The molecule has 1 aromatic heterocycles. The summed E-state index contributed by atoms with van der Waals surface area (Å²) in [5.74, 6) is 1.84. The van der Waals surface area contributed by atoms with Gasteiger partial charge in [0.1, 0.15) is 5.82 Å². The van der Waals surface area contributed by atoms with Gasteiger partial charge < -0.3 is 5.32 Å². The second-order valence-corrected chi connectivity index (χ2v) is 7.35. The average molecular weight is 317 g/mol. The number of para-hydroxylation sites is 1. The van der Waals surface area contributed by atoms with Crippen LogP contribution in [0.5, 0.6) is 0 Å². The normalized spacial score (nSPS) is 16.8. The molecule has 1 N–H and O–H groups in total. The first-order chi connectivity index (χ1) is 10.5. The van der Waals surface area contributed by atoms with Crippen molar-refractivity contribution in [2.75, 3.05) is 5.32 Å². The van der Waals surface area contributed by atoms with Crippen LogP contribution in [0.3, 0.4) is 0 Å². The fraction of sp³-hybridized carbons (Fsp3) is 0.375. The Morgan fingerprint density at radius 3 is 2.73 bits per heavy atom. The van der Waals surface area contributed by atoms with Gasteiger partial charge in [-0.3, -0.25) is 9.00 Å². The molecule has 0 bridgehead atoms. The summed E-state index contributed by atoms with van der Waals surface area (Å²) in [4.78, 5) is 12.2. The van der Waals surface area contributed by atoms with E-state index in [2.05, 4.69) is 10.4 Å². The number of nitrogens with zero attached hydrogens (tertiary/aromatic N) is 2. The van der Waals surface area contributed by atoms with Crippen molar-refractivity contribution in [2.45, 2.75) is 31.8 Å². The molecule has 0 saturated carbocycles. The van der Waals surface area contributed by atoms with Gasteiger partial charge in [-0.05, 0) is 18.1 Å². The van der Waals surface area contributed by atoms with E-state index < -0.39 is 10.8 Å². The molecule has 3 rings (SSSR count). The van der Waals surface area contributed by atoms with Crippen LogP contribution in [0.1, 0.15) is 31.5 Å². The van der Waals surface area contributed by atoms with Gasteiger partial charge in [-0.2, -0.15) is 5.10 Å². The molecule has 1 atom stereocenters. The maximum Gasteiger partial charge on any atom is 0.225 e. The summed E-state index contributed by atoms with van der Waals surface area (Å²) in [5.41, 5.74) is 2.61. The summed E-state index contributed by atoms with van der Waals surface area (Å²) in [6, 6.07) is 9.68. The molecule has 5 nitrogen and oxygen atoms in total. The van der Waals surface area contributed by atoms with Gasteiger partial charge in [-0.25, -0.2) is 4.68 Å². The van der Waals surface area contributed by atoms with Gasteiger partial charge in [0, 0.05) is 22.8 Å². The molecule has 22 heavy (non-hydrogen) atoms. The third-order valence-corrected chi connectivity index (χ3v) is 4.73. The maximum atomic E-state index is 12.2. The molecule has 0 aliphatic carbocycles. The highest BCUT2D eigenvalue weighted by Crippen LogP contribution is 2.31. The first kappa shape index (κ1) is 15.0. The largest absolute Gasteiger partial charge is 0.310 e. The van der Waals surface area contributed by atoms with E-state index >= 15 is 0 Å². The molecular weight excluding hydrogens is 298 g/mol. The van der Waals surface area contributed by atoms with Gasteiger partial charge in [0.25, 0.3) is 0 Å². The minimum Gasteiger partial charge on any atom is -0.310 e. The lowest BCUT2D eigenvalue weighted by atomic mass is 10.1. The second kappa shape index (κ2) is 6.04. The minimum atomic E-state index is -0.916. The fourth-order valence-corrected chi connectivity index (χ4v) is 3.83. The third kappa shape index (κ3) is 2.97. The number of hydrogen-bond donors (Lipinski definition) is 1. The van der Waals surface area contributed by atoms with Crippen molar-refractivity contribution in [1.82, 2.24) is 9.78 Å². The number of aromatic nitrogens is 2. The van der Waals surface area contributed by atoms with Crippen LogP contribution in [0.2, 0.25) is 0 Å². The van der Waals surface area contributed by atoms with Crippen LogP contribution in [0.15, 0.2) is 30.3 Å². The van der Waals surface area contributed by atoms with E-state index in [0.29, 0.717) is 23.7 Å². The Morgan fingerprint density at radius 2 is 2.05 bits per heavy atom. The van der Waals surface area contributed by atoms with E-state index in [1.54, 1.807) is 4.68 Å². The van der Waals surface area contributed by atoms with E-state index in [1.807, 2.05) is 44.2 Å². The lowest BCUT2D eigenvalue weighted by Crippen LogP contribution is -2.17. The lowest BCUT2D eigenvalue weighted by molar-refractivity contribution is -0.116. The summed E-state index contributed by atoms with van der Waals surface area (Å²) < 4.78 is 13.5. The molecular formula is C16H19N3O2S. The number of nitrogens with one attached hydrogen (secondary N) is 1. The van der Waals surface area contributed by atoms with Gasteiger partial charge in [0.2, 0.25) is 5.91 Å². The quantitative estimate of drug-likeness (QED) is 0.943. The smallest absolute Gasteiger partial charge is 0.225 e. The van der Waals surface area contributed by atoms with Crippen molar-refractivity contribution in [3.05, 3.63) is 41.6 Å². The molecule has 2 aromatic rings. The summed E-state index contributed by atoms with van der Waals surface area (Å²) >= 11 is 0. The predicted octanol–water partition coefficient (Wildman–Crippen LogP) is 2.62. The Balaban J connectivity index is 1.99. The first-order valence-electron chi connectivity index (χ1n) is 7.35. The van der Waals surface area contributed by atoms with Crippen LogP contribution < -0.4 is 5.32 Å². The lowest BCUT2D eigenvalue weighted by Gasteiger charge is -2.11. The topological polar surface area (TPSA) is 64.0 Å². The number of carbonyl (C=O) groups excluding carboxylic acids is 1. The standard InChI is InChI=1S/C16H19N3O2S/c1-11(2)8-15(20)17-16-13-9-22(21)10-14(13)18-19(16)12-6-4-3-5-7-12/h3-7,11H,8-10H2,1-2H3,(H,17,20)/t22-/m0/s1. The zero-order valence-corrected chi connectivity index (χ0v) is 13.5. The Bertz CT molecular complexity index is 722. The van der Waals surface area contributed by atoms with Crippen LogP contribution >= 0.6 is 0 Å². The van der Waals surface area contributed by atoms with Crippen LogP contribution in [0, 0.1) is 5.92 Å². The molecule has 2 heterocycles. The first-order valence-corrected chi connectivity index (χ1v) is 8.84. The van der Waals surface area contributed by atoms with E-state index in [-0.39, 0.29) is 11.8 Å². The van der Waals surface area contributed by atoms with Gasteiger partial charge in [-0.1, -0.05) is 32.0 Å². The van der Waals surface area contributed by atoms with Gasteiger partial charge in [0.05, 0.1) is 22.9 Å². The van der Waals surface area contributed by atoms with Crippen molar-refractivity contribution in [2.24, 2.45) is 5.92 Å². The fourth-order valence-electron chi connectivity index (χ4n) is 2.57. The third-order valence-electron chi connectivity index (χ3n) is 3.52. The number of fused-ring (bicyclic) bond motifs is 1. The van der Waals surface area contributed by atoms with Crippen molar-refractivity contribution >= 4 is 22.5 Å². The minimum absolute atomic E-state index is 0.0347. The highest BCUT2D eigenvalue weighted by atomic mass is 32.2. The Labute approximate surface area is 132 Å². The summed E-state index contributed by atoms with van der Waals surface area (Å²) in [6.45, 7) is 4.01. The molecule has 0 saturated heterocycles.